The maximum atomic E-state index is 13.9. The molecular weight excluding hydrogens is 420 g/mol. The quantitative estimate of drug-likeness (QED) is 0.324. The molecule has 0 aromatic heterocycles. The SMILES string of the molecule is CC(C)Oc1ccc([C@H]2N(Cc3ccccc3)c3ccccc3C(=O)N2c2ccccc2)cc1. The second kappa shape index (κ2) is 9.44. The van der Waals surface area contributed by atoms with E-state index in [4.69, 9.17) is 4.74 Å². The number of rotatable bonds is 6. The van der Waals surface area contributed by atoms with Crippen LogP contribution in [0, 0.1) is 0 Å². The fraction of sp³-hybridized carbons (Fsp3) is 0.167. The highest BCUT2D eigenvalue weighted by Gasteiger charge is 2.39. The molecule has 0 saturated carbocycles. The number of para-hydroxylation sites is 2. The van der Waals surface area contributed by atoms with Gasteiger partial charge in [-0.3, -0.25) is 9.69 Å². The van der Waals surface area contributed by atoms with Crippen molar-refractivity contribution in [1.82, 2.24) is 0 Å². The molecule has 0 N–H and O–H groups in total. The Balaban J connectivity index is 1.67. The summed E-state index contributed by atoms with van der Waals surface area (Å²) in [6.07, 6.45) is -0.206. The molecule has 170 valence electrons. The lowest BCUT2D eigenvalue weighted by Gasteiger charge is -2.46. The summed E-state index contributed by atoms with van der Waals surface area (Å²) in [5.74, 6) is 0.820. The van der Waals surface area contributed by atoms with Crippen LogP contribution in [-0.4, -0.2) is 12.0 Å². The molecule has 0 unspecified atom stereocenters. The molecule has 4 aromatic carbocycles. The van der Waals surface area contributed by atoms with Crippen LogP contribution >= 0.6 is 0 Å². The van der Waals surface area contributed by atoms with Gasteiger partial charge in [0.05, 0.1) is 17.4 Å². The molecule has 4 aromatic rings. The highest BCUT2D eigenvalue weighted by molar-refractivity contribution is 6.12. The van der Waals surface area contributed by atoms with Crippen LogP contribution in [0.4, 0.5) is 11.4 Å². The zero-order valence-electron chi connectivity index (χ0n) is 19.5. The predicted octanol–water partition coefficient (Wildman–Crippen LogP) is 6.84. The van der Waals surface area contributed by atoms with Crippen LogP contribution in [0.3, 0.4) is 0 Å². The van der Waals surface area contributed by atoms with E-state index in [1.165, 1.54) is 5.56 Å². The summed E-state index contributed by atoms with van der Waals surface area (Å²) in [6, 6.07) is 36.3. The number of nitrogens with zero attached hydrogens (tertiary/aromatic N) is 2. The zero-order chi connectivity index (χ0) is 23.5. The van der Waals surface area contributed by atoms with Crippen molar-refractivity contribution >= 4 is 17.3 Å². The molecule has 34 heavy (non-hydrogen) atoms. The maximum absolute atomic E-state index is 13.9. The summed E-state index contributed by atoms with van der Waals surface area (Å²) in [6.45, 7) is 4.70. The molecule has 1 heterocycles. The number of hydrogen-bond acceptors (Lipinski definition) is 3. The number of fused-ring (bicyclic) bond motifs is 1. The van der Waals surface area contributed by atoms with Crippen LogP contribution in [0.5, 0.6) is 5.75 Å². The second-order valence-corrected chi connectivity index (χ2v) is 8.75. The van der Waals surface area contributed by atoms with Crippen LogP contribution in [0.1, 0.15) is 41.5 Å². The largest absolute Gasteiger partial charge is 0.491 e. The van der Waals surface area contributed by atoms with Gasteiger partial charge in [-0.15, -0.1) is 0 Å². The zero-order valence-corrected chi connectivity index (χ0v) is 19.5. The van der Waals surface area contributed by atoms with Gasteiger partial charge >= 0.3 is 0 Å². The summed E-state index contributed by atoms with van der Waals surface area (Å²) in [4.78, 5) is 18.1. The van der Waals surface area contributed by atoms with Crippen LogP contribution in [-0.2, 0) is 6.54 Å². The number of amides is 1. The van der Waals surface area contributed by atoms with E-state index >= 15 is 0 Å². The van der Waals surface area contributed by atoms with E-state index < -0.39 is 0 Å². The van der Waals surface area contributed by atoms with Gasteiger partial charge in [0, 0.05) is 12.2 Å². The molecule has 1 aliphatic rings. The van der Waals surface area contributed by atoms with Gasteiger partial charge in [0.1, 0.15) is 11.9 Å². The maximum Gasteiger partial charge on any atom is 0.262 e. The first kappa shape index (κ1) is 21.8. The third kappa shape index (κ3) is 4.27. The van der Waals surface area contributed by atoms with Gasteiger partial charge in [-0.05, 0) is 61.4 Å². The van der Waals surface area contributed by atoms with E-state index in [9.17, 15) is 4.79 Å². The van der Waals surface area contributed by atoms with Crippen LogP contribution in [0.15, 0.2) is 109 Å². The van der Waals surface area contributed by atoms with Crippen molar-refractivity contribution in [2.24, 2.45) is 0 Å². The minimum Gasteiger partial charge on any atom is -0.491 e. The van der Waals surface area contributed by atoms with Crippen molar-refractivity contribution in [3.05, 3.63) is 126 Å². The normalized spacial score (nSPS) is 15.4. The lowest BCUT2D eigenvalue weighted by atomic mass is 9.99. The van der Waals surface area contributed by atoms with Crippen LogP contribution in [0.25, 0.3) is 0 Å². The summed E-state index contributed by atoms with van der Waals surface area (Å²) in [5.41, 5.74) is 4.73. The third-order valence-electron chi connectivity index (χ3n) is 5.98. The van der Waals surface area contributed by atoms with Crippen molar-refractivity contribution in [3.63, 3.8) is 0 Å². The highest BCUT2D eigenvalue weighted by Crippen LogP contribution is 2.42. The lowest BCUT2D eigenvalue weighted by molar-refractivity contribution is 0.0968. The molecule has 0 bridgehead atoms. The molecule has 0 spiro atoms. The van der Waals surface area contributed by atoms with Gasteiger partial charge in [-0.2, -0.15) is 0 Å². The predicted molar refractivity (Wildman–Crippen MR) is 137 cm³/mol. The van der Waals surface area contributed by atoms with Crippen LogP contribution in [0.2, 0.25) is 0 Å². The molecule has 0 fully saturated rings. The number of hydrogen-bond donors (Lipinski definition) is 0. The Labute approximate surface area is 201 Å². The molecule has 0 saturated heterocycles. The number of benzene rings is 4. The number of carbonyl (C=O) groups is 1. The fourth-order valence-corrected chi connectivity index (χ4v) is 4.54. The average Bonchev–Trinajstić information content (AvgIpc) is 2.87. The van der Waals surface area contributed by atoms with Crippen molar-refractivity contribution < 1.29 is 9.53 Å². The van der Waals surface area contributed by atoms with E-state index in [0.717, 1.165) is 22.7 Å². The molecule has 5 rings (SSSR count). The summed E-state index contributed by atoms with van der Waals surface area (Å²) in [5, 5.41) is 0. The Morgan fingerprint density at radius 1 is 0.765 bits per heavy atom. The van der Waals surface area contributed by atoms with Gasteiger partial charge in [0.25, 0.3) is 5.91 Å². The Morgan fingerprint density at radius 3 is 2.06 bits per heavy atom. The standard InChI is InChI=1S/C30H28N2O2/c1-22(2)34-26-19-17-24(18-20-26)29-31(21-23-11-5-3-6-12-23)28-16-10-9-15-27(28)30(33)32(29)25-13-7-4-8-14-25/h3-20,22,29H,21H2,1-2H3/t29-/m0/s1. The van der Waals surface area contributed by atoms with Gasteiger partial charge in [0.15, 0.2) is 0 Å². The third-order valence-corrected chi connectivity index (χ3v) is 5.98. The summed E-state index contributed by atoms with van der Waals surface area (Å²) < 4.78 is 5.87. The van der Waals surface area contributed by atoms with E-state index in [-0.39, 0.29) is 18.2 Å². The minimum atomic E-state index is -0.307. The minimum absolute atomic E-state index is 0.00128. The van der Waals surface area contributed by atoms with Gasteiger partial charge in [-0.25, -0.2) is 0 Å². The Hall–Kier alpha value is -4.05. The molecule has 1 amide bonds. The van der Waals surface area contributed by atoms with Crippen molar-refractivity contribution in [3.8, 4) is 5.75 Å². The van der Waals surface area contributed by atoms with Crippen molar-refractivity contribution in [1.29, 1.82) is 0 Å². The Morgan fingerprint density at radius 2 is 1.38 bits per heavy atom. The molecule has 1 atom stereocenters. The summed E-state index contributed by atoms with van der Waals surface area (Å²) in [7, 11) is 0. The topological polar surface area (TPSA) is 32.8 Å². The van der Waals surface area contributed by atoms with Gasteiger partial charge in [-0.1, -0.05) is 72.8 Å². The smallest absolute Gasteiger partial charge is 0.262 e. The number of ether oxygens (including phenoxy) is 1. The van der Waals surface area contributed by atoms with Gasteiger partial charge in [0.2, 0.25) is 0 Å². The molecular formula is C30H28N2O2. The van der Waals surface area contributed by atoms with Crippen molar-refractivity contribution in [2.45, 2.75) is 32.7 Å². The number of anilines is 2. The Bertz CT molecular complexity index is 1250. The first-order valence-electron chi connectivity index (χ1n) is 11.7. The molecule has 1 aliphatic heterocycles. The highest BCUT2D eigenvalue weighted by atomic mass is 16.5. The van der Waals surface area contributed by atoms with E-state index in [0.29, 0.717) is 12.1 Å². The van der Waals surface area contributed by atoms with E-state index in [1.807, 2.05) is 91.5 Å². The molecule has 0 aliphatic carbocycles. The molecule has 4 nitrogen and oxygen atoms in total. The average molecular weight is 449 g/mol. The van der Waals surface area contributed by atoms with Gasteiger partial charge < -0.3 is 9.64 Å². The van der Waals surface area contributed by atoms with E-state index in [2.05, 4.69) is 41.3 Å². The monoisotopic (exact) mass is 448 g/mol. The fourth-order valence-electron chi connectivity index (χ4n) is 4.54. The molecule has 0 radical (unpaired) electrons. The van der Waals surface area contributed by atoms with Crippen LogP contribution < -0.4 is 14.5 Å². The van der Waals surface area contributed by atoms with E-state index in [1.54, 1.807) is 0 Å². The van der Waals surface area contributed by atoms with Crippen molar-refractivity contribution in [2.75, 3.05) is 9.80 Å². The lowest BCUT2D eigenvalue weighted by Crippen LogP contribution is -2.49. The first-order valence-corrected chi connectivity index (χ1v) is 11.7. The number of carbonyl (C=O) groups excluding carboxylic acids is 1. The molecule has 4 heteroatoms. The first-order chi connectivity index (χ1) is 16.6. The summed E-state index contributed by atoms with van der Waals surface area (Å²) >= 11 is 0. The second-order valence-electron chi connectivity index (χ2n) is 8.75. The Kier molecular flexibility index (Phi) is 6.05.